The molecule has 0 bridgehead atoms. The van der Waals surface area contributed by atoms with Gasteiger partial charge in [0.25, 0.3) is 0 Å². The minimum atomic E-state index is -0.584. The molecule has 4 heteroatoms. The van der Waals surface area contributed by atoms with Crippen molar-refractivity contribution in [3.8, 4) is 0 Å². The second kappa shape index (κ2) is 4.18. The lowest BCUT2D eigenvalue weighted by Crippen LogP contribution is -2.49. The normalized spacial score (nSPS) is 29.1. The molecular formula is C12H20N2O2. The van der Waals surface area contributed by atoms with Crippen LogP contribution >= 0.6 is 0 Å². The molecule has 0 atom stereocenters. The molecule has 90 valence electrons. The summed E-state index contributed by atoms with van der Waals surface area (Å²) in [4.78, 5) is 0. The lowest BCUT2D eigenvalue weighted by atomic mass is 9.74. The van der Waals surface area contributed by atoms with E-state index in [0.717, 1.165) is 30.7 Å². The predicted octanol–water partition coefficient (Wildman–Crippen LogP) is 1.06. The van der Waals surface area contributed by atoms with Crippen LogP contribution in [0.2, 0.25) is 0 Å². The molecule has 1 aromatic heterocycles. The number of methoxy groups -OCH3 is 1. The first-order chi connectivity index (χ1) is 7.56. The van der Waals surface area contributed by atoms with E-state index in [9.17, 15) is 5.11 Å². The van der Waals surface area contributed by atoms with Crippen molar-refractivity contribution in [3.63, 3.8) is 0 Å². The highest BCUT2D eigenvalue weighted by Gasteiger charge is 2.43. The highest BCUT2D eigenvalue weighted by atomic mass is 16.5. The third kappa shape index (κ3) is 2.13. The Morgan fingerprint density at radius 1 is 1.62 bits per heavy atom. The molecule has 0 saturated heterocycles. The summed E-state index contributed by atoms with van der Waals surface area (Å²) >= 11 is 0. The van der Waals surface area contributed by atoms with Gasteiger partial charge in [-0.15, -0.1) is 0 Å². The molecule has 1 aromatic rings. The fraction of sp³-hybridized carbons (Fsp3) is 0.750. The minimum absolute atomic E-state index is 0.226. The van der Waals surface area contributed by atoms with E-state index in [-0.39, 0.29) is 6.10 Å². The fourth-order valence-corrected chi connectivity index (χ4v) is 2.35. The van der Waals surface area contributed by atoms with E-state index in [0.29, 0.717) is 6.42 Å². The fourth-order valence-electron chi connectivity index (χ4n) is 2.35. The van der Waals surface area contributed by atoms with Crippen molar-refractivity contribution in [1.82, 2.24) is 9.78 Å². The summed E-state index contributed by atoms with van der Waals surface area (Å²) in [6.07, 6.45) is 3.30. The molecule has 1 N–H and O–H groups in total. The van der Waals surface area contributed by atoms with Gasteiger partial charge in [0.05, 0.1) is 17.4 Å². The van der Waals surface area contributed by atoms with Crippen LogP contribution in [0.4, 0.5) is 0 Å². The molecule has 2 rings (SSSR count). The highest BCUT2D eigenvalue weighted by molar-refractivity contribution is 5.14. The van der Waals surface area contributed by atoms with Crippen LogP contribution in [0.5, 0.6) is 0 Å². The van der Waals surface area contributed by atoms with Gasteiger partial charge in [-0.05, 0) is 12.5 Å². The van der Waals surface area contributed by atoms with Gasteiger partial charge in [-0.3, -0.25) is 4.68 Å². The molecule has 0 aromatic carbocycles. The largest absolute Gasteiger partial charge is 0.389 e. The van der Waals surface area contributed by atoms with Gasteiger partial charge in [-0.1, -0.05) is 6.92 Å². The number of ether oxygens (including phenoxy) is 1. The van der Waals surface area contributed by atoms with E-state index in [4.69, 9.17) is 4.74 Å². The predicted molar refractivity (Wildman–Crippen MR) is 61.3 cm³/mol. The Bertz CT molecular complexity index is 367. The summed E-state index contributed by atoms with van der Waals surface area (Å²) in [6, 6.07) is 2.08. The molecule has 16 heavy (non-hydrogen) atoms. The quantitative estimate of drug-likeness (QED) is 0.832. The second-order valence-electron chi connectivity index (χ2n) is 4.77. The number of aromatic nitrogens is 2. The number of aliphatic hydroxyl groups is 1. The van der Waals surface area contributed by atoms with Crippen molar-refractivity contribution < 1.29 is 9.84 Å². The molecule has 0 aliphatic heterocycles. The Hall–Kier alpha value is -0.870. The van der Waals surface area contributed by atoms with Crippen LogP contribution in [0, 0.1) is 0 Å². The van der Waals surface area contributed by atoms with Crippen LogP contribution in [-0.4, -0.2) is 33.7 Å². The Morgan fingerprint density at radius 3 is 2.81 bits per heavy atom. The van der Waals surface area contributed by atoms with E-state index < -0.39 is 5.60 Å². The van der Waals surface area contributed by atoms with Crippen LogP contribution in [0.3, 0.4) is 0 Å². The zero-order chi connectivity index (χ0) is 11.8. The zero-order valence-corrected chi connectivity index (χ0v) is 10.2. The van der Waals surface area contributed by atoms with E-state index in [1.54, 1.807) is 7.11 Å². The molecule has 1 heterocycles. The van der Waals surface area contributed by atoms with Gasteiger partial charge in [0.1, 0.15) is 0 Å². The number of hydrogen-bond acceptors (Lipinski definition) is 3. The first-order valence-corrected chi connectivity index (χ1v) is 5.83. The Morgan fingerprint density at radius 2 is 2.31 bits per heavy atom. The molecule has 1 fully saturated rings. The van der Waals surface area contributed by atoms with Gasteiger partial charge in [0, 0.05) is 39.1 Å². The number of rotatable bonds is 4. The summed E-state index contributed by atoms with van der Waals surface area (Å²) in [5.74, 6) is 0. The Kier molecular flexibility index (Phi) is 3.04. The summed E-state index contributed by atoms with van der Waals surface area (Å²) in [5, 5.41) is 14.6. The van der Waals surface area contributed by atoms with Crippen molar-refractivity contribution in [2.75, 3.05) is 7.11 Å². The van der Waals surface area contributed by atoms with Crippen molar-refractivity contribution in [2.24, 2.45) is 7.05 Å². The maximum absolute atomic E-state index is 10.3. The SMILES string of the molecule is CCc1cc(CC2(O)CC(OC)C2)n(C)n1. The summed E-state index contributed by atoms with van der Waals surface area (Å²) < 4.78 is 7.07. The average molecular weight is 224 g/mol. The van der Waals surface area contributed by atoms with Crippen molar-refractivity contribution in [2.45, 2.75) is 44.3 Å². The molecule has 0 unspecified atom stereocenters. The molecule has 1 saturated carbocycles. The first kappa shape index (κ1) is 11.6. The third-order valence-electron chi connectivity index (χ3n) is 3.45. The maximum Gasteiger partial charge on any atom is 0.0752 e. The Balaban J connectivity index is 2.01. The molecule has 0 spiro atoms. The lowest BCUT2D eigenvalue weighted by Gasteiger charge is -2.42. The second-order valence-corrected chi connectivity index (χ2v) is 4.77. The first-order valence-electron chi connectivity index (χ1n) is 5.83. The van der Waals surface area contributed by atoms with E-state index in [2.05, 4.69) is 18.1 Å². The number of hydrogen-bond donors (Lipinski definition) is 1. The monoisotopic (exact) mass is 224 g/mol. The van der Waals surface area contributed by atoms with Gasteiger partial charge >= 0.3 is 0 Å². The Labute approximate surface area is 96.2 Å². The summed E-state index contributed by atoms with van der Waals surface area (Å²) in [6.45, 7) is 2.09. The average Bonchev–Trinajstić information content (AvgIpc) is 2.55. The molecule has 4 nitrogen and oxygen atoms in total. The molecule has 1 aliphatic rings. The molecule has 0 radical (unpaired) electrons. The van der Waals surface area contributed by atoms with Crippen molar-refractivity contribution in [3.05, 3.63) is 17.5 Å². The van der Waals surface area contributed by atoms with Gasteiger partial charge < -0.3 is 9.84 Å². The van der Waals surface area contributed by atoms with E-state index >= 15 is 0 Å². The molecule has 1 aliphatic carbocycles. The van der Waals surface area contributed by atoms with E-state index in [1.807, 2.05) is 11.7 Å². The van der Waals surface area contributed by atoms with Crippen molar-refractivity contribution >= 4 is 0 Å². The molecule has 0 amide bonds. The minimum Gasteiger partial charge on any atom is -0.389 e. The summed E-state index contributed by atoms with van der Waals surface area (Å²) in [5.41, 5.74) is 1.61. The van der Waals surface area contributed by atoms with Gasteiger partial charge in [0.15, 0.2) is 0 Å². The number of nitrogens with zero attached hydrogens (tertiary/aromatic N) is 2. The highest BCUT2D eigenvalue weighted by Crippen LogP contribution is 2.36. The van der Waals surface area contributed by atoms with Crippen LogP contribution in [-0.2, 0) is 24.6 Å². The van der Waals surface area contributed by atoms with E-state index in [1.165, 1.54) is 0 Å². The molecular weight excluding hydrogens is 204 g/mol. The van der Waals surface area contributed by atoms with Gasteiger partial charge in [-0.25, -0.2) is 0 Å². The summed E-state index contributed by atoms with van der Waals surface area (Å²) in [7, 11) is 3.63. The topological polar surface area (TPSA) is 47.3 Å². The smallest absolute Gasteiger partial charge is 0.0752 e. The standard InChI is InChI=1S/C12H20N2O2/c1-4-9-5-10(14(2)13-9)6-12(15)7-11(8-12)16-3/h5,11,15H,4,6-8H2,1-3H3. The number of aryl methyl sites for hydroxylation is 2. The lowest BCUT2D eigenvalue weighted by molar-refractivity contribution is -0.127. The van der Waals surface area contributed by atoms with Gasteiger partial charge in [0.2, 0.25) is 0 Å². The maximum atomic E-state index is 10.3. The zero-order valence-electron chi connectivity index (χ0n) is 10.2. The van der Waals surface area contributed by atoms with Crippen molar-refractivity contribution in [1.29, 1.82) is 0 Å². The van der Waals surface area contributed by atoms with Crippen LogP contribution < -0.4 is 0 Å². The van der Waals surface area contributed by atoms with Crippen LogP contribution in [0.25, 0.3) is 0 Å². The third-order valence-corrected chi connectivity index (χ3v) is 3.45. The van der Waals surface area contributed by atoms with Gasteiger partial charge in [-0.2, -0.15) is 5.10 Å². The van der Waals surface area contributed by atoms with Crippen LogP contribution in [0.15, 0.2) is 6.07 Å². The van der Waals surface area contributed by atoms with Crippen LogP contribution in [0.1, 0.15) is 31.2 Å².